The highest BCUT2D eigenvalue weighted by atomic mass is 35.5. The van der Waals surface area contributed by atoms with Gasteiger partial charge in [0.25, 0.3) is 0 Å². The van der Waals surface area contributed by atoms with E-state index in [0.717, 1.165) is 6.07 Å². The van der Waals surface area contributed by atoms with Crippen LogP contribution in [0.1, 0.15) is 12.5 Å². The fourth-order valence-electron chi connectivity index (χ4n) is 1.58. The van der Waals surface area contributed by atoms with Crippen LogP contribution in [0.4, 0.5) is 19.0 Å². The smallest absolute Gasteiger partial charge is 0.368 e. The lowest BCUT2D eigenvalue weighted by Crippen LogP contribution is -2.28. The van der Waals surface area contributed by atoms with Crippen molar-refractivity contribution in [3.63, 3.8) is 0 Å². The van der Waals surface area contributed by atoms with E-state index in [9.17, 15) is 18.0 Å². The van der Waals surface area contributed by atoms with Crippen molar-refractivity contribution in [2.75, 3.05) is 18.4 Å². The number of alkyl halides is 3. The van der Waals surface area contributed by atoms with Crippen molar-refractivity contribution in [2.45, 2.75) is 13.1 Å². The number of carbonyl (C=O) groups is 1. The van der Waals surface area contributed by atoms with Crippen LogP contribution in [0.15, 0.2) is 17.3 Å². The Morgan fingerprint density at radius 3 is 2.74 bits per heavy atom. The molecule has 23 heavy (non-hydrogen) atoms. The molecule has 1 unspecified atom stereocenters. The molecule has 0 saturated carbocycles. The summed E-state index contributed by atoms with van der Waals surface area (Å²) >= 11 is 5.73. The van der Waals surface area contributed by atoms with E-state index in [2.05, 4.69) is 15.3 Å². The number of hydrogen-bond acceptors (Lipinski definition) is 5. The van der Waals surface area contributed by atoms with E-state index in [-0.39, 0.29) is 29.6 Å². The first-order valence-corrected chi connectivity index (χ1v) is 6.71. The van der Waals surface area contributed by atoms with Crippen LogP contribution in [0, 0.1) is 17.2 Å². The number of halogens is 4. The first-order chi connectivity index (χ1) is 10.7. The minimum absolute atomic E-state index is 0.0826. The van der Waals surface area contributed by atoms with E-state index in [1.54, 1.807) is 6.07 Å². The minimum Gasteiger partial charge on any atom is -0.368 e. The zero-order valence-electron chi connectivity index (χ0n) is 12.0. The number of nitrogens with zero attached hydrogens (tertiary/aromatic N) is 3. The Bertz CT molecular complexity index is 654. The molecule has 1 aromatic heterocycles. The van der Waals surface area contributed by atoms with Gasteiger partial charge in [0, 0.05) is 18.5 Å². The zero-order chi connectivity index (χ0) is 17.6. The highest BCUT2D eigenvalue weighted by molar-refractivity contribution is 6.32. The van der Waals surface area contributed by atoms with Crippen LogP contribution in [0.2, 0.25) is 5.02 Å². The number of amides is 1. The van der Waals surface area contributed by atoms with Gasteiger partial charge in [0.15, 0.2) is 5.92 Å². The molecule has 0 radical (unpaired) electrons. The molecule has 3 N–H and O–H groups in total. The predicted molar refractivity (Wildman–Crippen MR) is 79.0 cm³/mol. The molecule has 0 aliphatic carbocycles. The average Bonchev–Trinajstić information content (AvgIpc) is 2.44. The zero-order valence-corrected chi connectivity index (χ0v) is 12.7. The molecule has 1 aromatic rings. The van der Waals surface area contributed by atoms with Crippen molar-refractivity contribution in [2.24, 2.45) is 16.6 Å². The molecule has 10 heteroatoms. The third kappa shape index (κ3) is 5.41. The van der Waals surface area contributed by atoms with Gasteiger partial charge in [-0.1, -0.05) is 11.6 Å². The van der Waals surface area contributed by atoms with Gasteiger partial charge in [0.1, 0.15) is 5.82 Å². The molecule has 0 aliphatic rings. The van der Waals surface area contributed by atoms with E-state index in [1.165, 1.54) is 6.92 Å². The molecule has 1 atom stereocenters. The molecular weight excluding hydrogens is 335 g/mol. The average molecular weight is 348 g/mol. The van der Waals surface area contributed by atoms with Gasteiger partial charge in [-0.15, -0.1) is 0 Å². The summed E-state index contributed by atoms with van der Waals surface area (Å²) in [6.07, 6.45) is -3.85. The quantitative estimate of drug-likeness (QED) is 0.608. The van der Waals surface area contributed by atoms with Crippen molar-refractivity contribution in [3.05, 3.63) is 22.8 Å². The molecule has 1 amide bonds. The summed E-state index contributed by atoms with van der Waals surface area (Å²) in [5.41, 5.74) is 4.35. The lowest BCUT2D eigenvalue weighted by atomic mass is 10.1. The lowest BCUT2D eigenvalue weighted by Gasteiger charge is -2.10. The van der Waals surface area contributed by atoms with Gasteiger partial charge in [-0.2, -0.15) is 18.4 Å². The van der Waals surface area contributed by atoms with Crippen molar-refractivity contribution in [1.29, 1.82) is 5.26 Å². The number of aromatic nitrogens is 1. The summed E-state index contributed by atoms with van der Waals surface area (Å²) in [7, 11) is 0. The topological polar surface area (TPSA) is 104 Å². The largest absolute Gasteiger partial charge is 0.417 e. The second kappa shape index (κ2) is 7.78. The SMILES string of the molecule is CC(=NCCNc1ncc(C(F)(F)F)cc1Cl)C(C#N)C(N)=O. The number of primary amides is 1. The number of nitrogens with two attached hydrogens (primary N) is 1. The van der Waals surface area contributed by atoms with E-state index in [1.807, 2.05) is 0 Å². The molecule has 0 saturated heterocycles. The van der Waals surface area contributed by atoms with Gasteiger partial charge in [-0.25, -0.2) is 4.98 Å². The van der Waals surface area contributed by atoms with Crippen molar-refractivity contribution in [1.82, 2.24) is 4.98 Å². The Hall–Kier alpha value is -2.34. The molecular formula is C13H13ClF3N5O. The van der Waals surface area contributed by atoms with E-state index >= 15 is 0 Å². The van der Waals surface area contributed by atoms with Gasteiger partial charge < -0.3 is 11.1 Å². The maximum absolute atomic E-state index is 12.5. The van der Waals surface area contributed by atoms with Gasteiger partial charge in [-0.05, 0) is 13.0 Å². The summed E-state index contributed by atoms with van der Waals surface area (Å²) in [5.74, 6) is -1.82. The van der Waals surface area contributed by atoms with Gasteiger partial charge in [0.2, 0.25) is 5.91 Å². The Balaban J connectivity index is 2.64. The fourth-order valence-corrected chi connectivity index (χ4v) is 1.82. The van der Waals surface area contributed by atoms with Crippen LogP contribution in [-0.2, 0) is 11.0 Å². The Morgan fingerprint density at radius 2 is 2.26 bits per heavy atom. The number of hydrogen-bond donors (Lipinski definition) is 2. The monoisotopic (exact) mass is 347 g/mol. The summed E-state index contributed by atoms with van der Waals surface area (Å²) in [6, 6.07) is 2.49. The van der Waals surface area contributed by atoms with Gasteiger partial charge in [0.05, 0.1) is 23.2 Å². The maximum atomic E-state index is 12.5. The Labute approximate surface area is 135 Å². The van der Waals surface area contributed by atoms with Crippen molar-refractivity contribution in [3.8, 4) is 6.07 Å². The Kier molecular flexibility index (Phi) is 6.33. The molecule has 0 bridgehead atoms. The second-order valence-electron chi connectivity index (χ2n) is 4.47. The van der Waals surface area contributed by atoms with Crippen LogP contribution < -0.4 is 11.1 Å². The summed E-state index contributed by atoms with van der Waals surface area (Å²) in [4.78, 5) is 18.6. The third-order valence-corrected chi connectivity index (χ3v) is 3.05. The van der Waals surface area contributed by atoms with E-state index in [0.29, 0.717) is 6.20 Å². The van der Waals surface area contributed by atoms with Crippen molar-refractivity contribution < 1.29 is 18.0 Å². The number of carbonyl (C=O) groups excluding carboxylic acids is 1. The van der Waals surface area contributed by atoms with Gasteiger partial charge >= 0.3 is 6.18 Å². The third-order valence-electron chi connectivity index (χ3n) is 2.77. The molecule has 0 spiro atoms. The number of nitrogens with one attached hydrogen (secondary N) is 1. The molecule has 0 aromatic carbocycles. The molecule has 0 aliphatic heterocycles. The van der Waals surface area contributed by atoms with E-state index < -0.39 is 23.6 Å². The van der Waals surface area contributed by atoms with Crippen LogP contribution in [0.5, 0.6) is 0 Å². The first-order valence-electron chi connectivity index (χ1n) is 6.33. The van der Waals surface area contributed by atoms with Gasteiger partial charge in [-0.3, -0.25) is 9.79 Å². The number of aliphatic imine (C=N–C) groups is 1. The van der Waals surface area contributed by atoms with Crippen LogP contribution in [0.3, 0.4) is 0 Å². The predicted octanol–water partition coefficient (Wildman–Crippen LogP) is 2.25. The summed E-state index contributed by atoms with van der Waals surface area (Å²) in [6.45, 7) is 1.85. The first kappa shape index (κ1) is 18.7. The standard InChI is InChI=1S/C13H13ClF3N5O/c1-7(9(5-18)11(19)23)20-2-3-21-12-10(14)4-8(6-22-12)13(15,16)17/h4,6,9H,2-3H2,1H3,(H2,19,23)(H,21,22). The Morgan fingerprint density at radius 1 is 1.61 bits per heavy atom. The van der Waals surface area contributed by atoms with Crippen LogP contribution in [-0.4, -0.2) is 29.7 Å². The van der Waals surface area contributed by atoms with Crippen LogP contribution >= 0.6 is 11.6 Å². The number of pyridine rings is 1. The fraction of sp³-hybridized carbons (Fsp3) is 0.385. The highest BCUT2D eigenvalue weighted by Gasteiger charge is 2.31. The number of nitriles is 1. The molecule has 6 nitrogen and oxygen atoms in total. The number of anilines is 1. The molecule has 1 rings (SSSR count). The lowest BCUT2D eigenvalue weighted by molar-refractivity contribution is -0.137. The number of rotatable bonds is 6. The highest BCUT2D eigenvalue weighted by Crippen LogP contribution is 2.32. The van der Waals surface area contributed by atoms with E-state index in [4.69, 9.17) is 22.6 Å². The van der Waals surface area contributed by atoms with Crippen LogP contribution in [0.25, 0.3) is 0 Å². The molecule has 1 heterocycles. The normalized spacial score (nSPS) is 13.3. The molecule has 0 fully saturated rings. The molecule has 124 valence electrons. The van der Waals surface area contributed by atoms with Crippen molar-refractivity contribution >= 4 is 29.0 Å². The maximum Gasteiger partial charge on any atom is 0.417 e. The minimum atomic E-state index is -4.52. The second-order valence-corrected chi connectivity index (χ2v) is 4.87. The summed E-state index contributed by atoms with van der Waals surface area (Å²) < 4.78 is 37.4. The summed E-state index contributed by atoms with van der Waals surface area (Å²) in [5, 5.41) is 11.3.